The molecule has 0 amide bonds. The molecule has 260 valence electrons. The van der Waals surface area contributed by atoms with Crippen LogP contribution in [-0.4, -0.2) is 15.2 Å². The summed E-state index contributed by atoms with van der Waals surface area (Å²) in [6.07, 6.45) is 1.81. The van der Waals surface area contributed by atoms with Crippen molar-refractivity contribution in [2.45, 2.75) is 26.7 Å². The molecule has 0 atom stereocenters. The van der Waals surface area contributed by atoms with E-state index >= 15 is 0 Å². The Balaban J connectivity index is 1.49. The summed E-state index contributed by atoms with van der Waals surface area (Å²) < 4.78 is 0. The first-order valence-corrected chi connectivity index (χ1v) is 24.2. The van der Waals surface area contributed by atoms with Crippen molar-refractivity contribution in [3.8, 4) is 11.1 Å². The van der Waals surface area contributed by atoms with Crippen LogP contribution in [0, 0.1) is 13.8 Å². The van der Waals surface area contributed by atoms with Crippen LogP contribution >= 0.6 is 0 Å². The minimum atomic E-state index is -2.99. The molecule has 0 saturated heterocycles. The van der Waals surface area contributed by atoms with Gasteiger partial charge in [-0.15, -0.1) is 0 Å². The summed E-state index contributed by atoms with van der Waals surface area (Å²) in [6.45, 7) is 4.71. The summed E-state index contributed by atoms with van der Waals surface area (Å²) in [4.78, 5) is 0. The van der Waals surface area contributed by atoms with Gasteiger partial charge in [0.2, 0.25) is 0 Å². The third-order valence-corrected chi connectivity index (χ3v) is 28.7. The van der Waals surface area contributed by atoms with Crippen molar-refractivity contribution in [3.05, 3.63) is 240 Å². The number of rotatable bonds is 8. The summed E-state index contributed by atoms with van der Waals surface area (Å²) in [5.74, 6) is 0. The van der Waals surface area contributed by atoms with Gasteiger partial charge in [0.1, 0.15) is 0 Å². The fraction of sp³-hybridized carbons (Fsp3) is 0.0769. The van der Waals surface area contributed by atoms with Crippen LogP contribution in [0.2, 0.25) is 0 Å². The Bertz CT molecular complexity index is 2270. The van der Waals surface area contributed by atoms with Gasteiger partial charge in [0.15, 0.2) is 15.2 Å². The van der Waals surface area contributed by atoms with Crippen molar-refractivity contribution in [3.63, 3.8) is 0 Å². The normalized spacial score (nSPS) is 13.8. The largest absolute Gasteiger partial charge is 0.155 e. The van der Waals surface area contributed by atoms with Crippen molar-refractivity contribution < 1.29 is 0 Å². The second-order valence-electron chi connectivity index (χ2n) is 14.9. The summed E-state index contributed by atoms with van der Waals surface area (Å²) in [5, 5.41) is 8.98. The summed E-state index contributed by atoms with van der Waals surface area (Å²) in [6, 6.07) is 79.2. The topological polar surface area (TPSA) is 0 Å². The van der Waals surface area contributed by atoms with Gasteiger partial charge in [0.05, 0.1) is 0 Å². The molecule has 0 aromatic heterocycles. The lowest BCUT2D eigenvalue weighted by Gasteiger charge is -2.54. The fourth-order valence-electron chi connectivity index (χ4n) is 9.56. The van der Waals surface area contributed by atoms with Crippen LogP contribution < -0.4 is 31.1 Å². The van der Waals surface area contributed by atoms with Gasteiger partial charge in [-0.25, -0.2) is 0 Å². The van der Waals surface area contributed by atoms with E-state index in [4.69, 9.17) is 0 Å². The van der Waals surface area contributed by atoms with Crippen molar-refractivity contribution in [1.82, 2.24) is 0 Å². The van der Waals surface area contributed by atoms with E-state index in [0.29, 0.717) is 0 Å². The number of hydrogen-bond acceptors (Lipinski definition) is 0. The molecule has 0 radical (unpaired) electrons. The van der Waals surface area contributed by atoms with Crippen LogP contribution in [0.1, 0.15) is 33.4 Å². The zero-order valence-corrected chi connectivity index (χ0v) is 33.0. The van der Waals surface area contributed by atoms with Gasteiger partial charge in [-0.3, -0.25) is 0 Å². The molecular weight excluding hydrogens is 681 g/mol. The quantitative estimate of drug-likeness (QED) is 0.139. The van der Waals surface area contributed by atoms with E-state index in [1.807, 2.05) is 0 Å². The molecule has 54 heavy (non-hydrogen) atoms. The van der Waals surface area contributed by atoms with Gasteiger partial charge in [0.25, 0.3) is 0 Å². The molecule has 0 N–H and O–H groups in total. The molecule has 2 heteroatoms. The first-order chi connectivity index (χ1) is 26.6. The van der Waals surface area contributed by atoms with Gasteiger partial charge in [-0.05, 0) is 81.6 Å². The second-order valence-corrected chi connectivity index (χ2v) is 25.8. The van der Waals surface area contributed by atoms with Crippen LogP contribution in [0.15, 0.2) is 206 Å². The van der Waals surface area contributed by atoms with E-state index in [2.05, 4.69) is 220 Å². The Kier molecular flexibility index (Phi) is 8.94. The Morgan fingerprint density at radius 3 is 0.852 bits per heavy atom. The zero-order valence-electron chi connectivity index (χ0n) is 31.0. The van der Waals surface area contributed by atoms with Gasteiger partial charge < -0.3 is 0 Å². The summed E-state index contributed by atoms with van der Waals surface area (Å²) in [5.41, 5.74) is 11.0. The predicted octanol–water partition coefficient (Wildman–Crippen LogP) is 8.18. The van der Waals surface area contributed by atoms with Crippen molar-refractivity contribution >= 4 is 46.3 Å². The molecule has 0 saturated carbocycles. The van der Waals surface area contributed by atoms with Crippen molar-refractivity contribution in [2.75, 3.05) is 0 Å². The molecule has 0 bridgehead atoms. The van der Waals surface area contributed by atoms with Gasteiger partial charge in [0, 0.05) is 0 Å². The molecule has 1 heterocycles. The molecule has 0 fully saturated rings. The van der Waals surface area contributed by atoms with E-state index in [-0.39, 0.29) is 0 Å². The van der Waals surface area contributed by atoms with Crippen molar-refractivity contribution in [1.29, 1.82) is 0 Å². The van der Waals surface area contributed by atoms with Gasteiger partial charge in [-0.2, -0.15) is 0 Å². The summed E-state index contributed by atoms with van der Waals surface area (Å²) >= 11 is 0. The van der Waals surface area contributed by atoms with E-state index in [1.165, 1.54) is 75.6 Å². The highest BCUT2D eigenvalue weighted by atomic mass is 29.3. The molecule has 8 aromatic carbocycles. The lowest BCUT2D eigenvalue weighted by molar-refractivity contribution is 1.15. The highest BCUT2D eigenvalue weighted by Gasteiger charge is 2.65. The van der Waals surface area contributed by atoms with E-state index in [0.717, 1.165) is 12.8 Å². The minimum Gasteiger partial charge on any atom is -0.0624 e. The maximum absolute atomic E-state index is 2.99. The molecule has 9 rings (SSSR count). The molecule has 1 aliphatic rings. The highest BCUT2D eigenvalue weighted by Crippen LogP contribution is 2.37. The standard InChI is InChI=1S/C52H44Si2/c1-39-33-51-49(37-43(39)35-41-21-9-3-10-22-41)50-38-44(36-42-23-11-4-12-24-42)40(2)34-52(50)54(47-29-17-7-18-30-47,48-31-19-8-20-32-48)53(51,45-25-13-5-14-26-45)46-27-15-6-16-28-46/h3-34,37-38H,35-36H2,1-2H3. The Labute approximate surface area is 322 Å². The molecule has 0 nitrogen and oxygen atoms in total. The smallest absolute Gasteiger partial charge is 0.0624 e. The van der Waals surface area contributed by atoms with E-state index in [1.54, 1.807) is 0 Å². The maximum atomic E-state index is 2.65. The van der Waals surface area contributed by atoms with Crippen LogP contribution in [0.5, 0.6) is 0 Å². The first kappa shape index (κ1) is 34.0. The fourth-order valence-corrected chi connectivity index (χ4v) is 29.7. The average Bonchev–Trinajstić information content (AvgIpc) is 3.23. The maximum Gasteiger partial charge on any atom is 0.155 e. The molecular formula is C52H44Si2. The second kappa shape index (κ2) is 14.2. The molecule has 1 aliphatic heterocycles. The number of aryl methyl sites for hydroxylation is 2. The monoisotopic (exact) mass is 724 g/mol. The average molecular weight is 725 g/mol. The minimum absolute atomic E-state index is 0.906. The molecule has 0 aliphatic carbocycles. The van der Waals surface area contributed by atoms with Crippen LogP contribution in [0.25, 0.3) is 11.1 Å². The Morgan fingerprint density at radius 1 is 0.315 bits per heavy atom. The van der Waals surface area contributed by atoms with Crippen LogP contribution in [-0.2, 0) is 12.8 Å². The molecule has 0 spiro atoms. The lowest BCUT2D eigenvalue weighted by atomic mass is 9.92. The Hall–Kier alpha value is -5.81. The van der Waals surface area contributed by atoms with Gasteiger partial charge >= 0.3 is 0 Å². The van der Waals surface area contributed by atoms with Crippen LogP contribution in [0.3, 0.4) is 0 Å². The molecule has 0 unspecified atom stereocenters. The third kappa shape index (κ3) is 5.48. The van der Waals surface area contributed by atoms with E-state index in [9.17, 15) is 0 Å². The van der Waals surface area contributed by atoms with E-state index < -0.39 is 15.2 Å². The highest BCUT2D eigenvalue weighted by molar-refractivity contribution is 7.68. The first-order valence-electron chi connectivity index (χ1n) is 19.2. The van der Waals surface area contributed by atoms with Crippen molar-refractivity contribution in [2.24, 2.45) is 0 Å². The number of hydrogen-bond donors (Lipinski definition) is 0. The van der Waals surface area contributed by atoms with Crippen LogP contribution in [0.4, 0.5) is 0 Å². The van der Waals surface area contributed by atoms with Gasteiger partial charge in [-0.1, -0.05) is 227 Å². The predicted molar refractivity (Wildman–Crippen MR) is 235 cm³/mol. The number of benzene rings is 8. The Morgan fingerprint density at radius 2 is 0.574 bits per heavy atom. The summed E-state index contributed by atoms with van der Waals surface area (Å²) in [7, 11) is -5.98. The zero-order chi connectivity index (χ0) is 36.5. The lowest BCUT2D eigenvalue weighted by Crippen LogP contribution is -2.95. The number of fused-ring (bicyclic) bond motifs is 3. The third-order valence-electron chi connectivity index (χ3n) is 11.9. The molecule has 8 aromatic rings. The SMILES string of the molecule is Cc1cc2c(cc1Cc1ccccc1)-c1cc(Cc3ccccc3)c(C)cc1[Si](c1ccccc1)(c1ccccc1)[Si]2(c1ccccc1)c1ccccc1.